The normalized spacial score (nSPS) is 15.8. The number of nitrogens with two attached hydrogens (primary N) is 1. The number of hydrogen-bond acceptors (Lipinski definition) is 4. The average Bonchev–Trinajstić information content (AvgIpc) is 3.06. The van der Waals surface area contributed by atoms with Crippen molar-refractivity contribution >= 4 is 5.91 Å². The fourth-order valence-electron chi connectivity index (χ4n) is 1.86. The first-order valence-corrected chi connectivity index (χ1v) is 6.31. The molecule has 6 heteroatoms. The topological polar surface area (TPSA) is 87.9 Å². The molecule has 18 heavy (non-hydrogen) atoms. The Kier molecular flexibility index (Phi) is 3.38. The van der Waals surface area contributed by atoms with Gasteiger partial charge < -0.3 is 10.6 Å². The second kappa shape index (κ2) is 4.68. The largest absolute Gasteiger partial charge is 0.338 e. The Balaban J connectivity index is 2.00. The summed E-state index contributed by atoms with van der Waals surface area (Å²) in [5, 5.41) is 6.84. The number of amides is 1. The zero-order chi connectivity index (χ0) is 13.3. The van der Waals surface area contributed by atoms with Crippen LogP contribution in [0.3, 0.4) is 0 Å². The highest BCUT2D eigenvalue weighted by molar-refractivity contribution is 5.90. The molecule has 0 saturated heterocycles. The summed E-state index contributed by atoms with van der Waals surface area (Å²) < 4.78 is 0. The number of nitrogens with zero attached hydrogens (tertiary/aromatic N) is 3. The number of hydrogen-bond donors (Lipinski definition) is 2. The zero-order valence-corrected chi connectivity index (χ0v) is 11.2. The first-order valence-electron chi connectivity index (χ1n) is 6.31. The van der Waals surface area contributed by atoms with Crippen molar-refractivity contribution < 1.29 is 4.79 Å². The van der Waals surface area contributed by atoms with Crippen LogP contribution in [0.25, 0.3) is 0 Å². The molecular formula is C12H21N5O. The van der Waals surface area contributed by atoms with Crippen molar-refractivity contribution in [1.29, 1.82) is 0 Å². The van der Waals surface area contributed by atoms with Gasteiger partial charge in [0.1, 0.15) is 5.82 Å². The summed E-state index contributed by atoms with van der Waals surface area (Å²) in [4.78, 5) is 18.0. The molecule has 0 atom stereocenters. The van der Waals surface area contributed by atoms with Crippen LogP contribution in [0.15, 0.2) is 0 Å². The first kappa shape index (κ1) is 13.0. The van der Waals surface area contributed by atoms with Gasteiger partial charge in [0.2, 0.25) is 5.82 Å². The van der Waals surface area contributed by atoms with Gasteiger partial charge in [0.25, 0.3) is 5.91 Å². The van der Waals surface area contributed by atoms with Crippen molar-refractivity contribution in [2.75, 3.05) is 20.1 Å². The number of carbonyl (C=O) groups excluding carboxylic acids is 1. The van der Waals surface area contributed by atoms with Crippen LogP contribution in [-0.2, 0) is 0 Å². The van der Waals surface area contributed by atoms with Crippen LogP contribution < -0.4 is 5.73 Å². The van der Waals surface area contributed by atoms with Crippen LogP contribution >= 0.6 is 0 Å². The molecule has 1 heterocycles. The minimum Gasteiger partial charge on any atom is -0.338 e. The van der Waals surface area contributed by atoms with Crippen molar-refractivity contribution in [3.63, 3.8) is 0 Å². The monoisotopic (exact) mass is 251 g/mol. The lowest BCUT2D eigenvalue weighted by Crippen LogP contribution is -2.40. The molecule has 1 amide bonds. The van der Waals surface area contributed by atoms with Crippen molar-refractivity contribution in [1.82, 2.24) is 20.1 Å². The zero-order valence-electron chi connectivity index (χ0n) is 11.2. The number of nitrogens with one attached hydrogen (secondary N) is 1. The van der Waals surface area contributed by atoms with Crippen LogP contribution in [-0.4, -0.2) is 46.1 Å². The van der Waals surface area contributed by atoms with E-state index in [0.29, 0.717) is 19.0 Å². The van der Waals surface area contributed by atoms with Gasteiger partial charge in [0, 0.05) is 19.5 Å². The molecule has 1 fully saturated rings. The maximum absolute atomic E-state index is 12.1. The number of aromatic nitrogens is 3. The number of H-pyrrole nitrogens is 1. The minimum absolute atomic E-state index is 0.0972. The Bertz CT molecular complexity index is 435. The summed E-state index contributed by atoms with van der Waals surface area (Å²) in [6.45, 7) is 5.19. The smallest absolute Gasteiger partial charge is 0.293 e. The Hall–Kier alpha value is -1.43. The maximum atomic E-state index is 12.1. The van der Waals surface area contributed by atoms with Gasteiger partial charge in [0.05, 0.1) is 0 Å². The lowest BCUT2D eigenvalue weighted by Gasteiger charge is -2.28. The number of aromatic amines is 1. The molecule has 0 aromatic carbocycles. The van der Waals surface area contributed by atoms with Crippen molar-refractivity contribution in [3.05, 3.63) is 11.6 Å². The first-order chi connectivity index (χ1) is 8.43. The molecule has 0 unspecified atom stereocenters. The van der Waals surface area contributed by atoms with Gasteiger partial charge in [-0.05, 0) is 24.8 Å². The highest BCUT2D eigenvalue weighted by Crippen LogP contribution is 2.37. The molecule has 1 aliphatic carbocycles. The van der Waals surface area contributed by atoms with Crippen LogP contribution in [0.1, 0.15) is 49.1 Å². The van der Waals surface area contributed by atoms with Crippen molar-refractivity contribution in [3.8, 4) is 0 Å². The summed E-state index contributed by atoms with van der Waals surface area (Å²) in [5.41, 5.74) is 5.57. The van der Waals surface area contributed by atoms with Gasteiger partial charge in [-0.25, -0.2) is 4.98 Å². The predicted octanol–water partition coefficient (Wildman–Crippen LogP) is 0.739. The van der Waals surface area contributed by atoms with E-state index in [0.717, 1.165) is 18.7 Å². The summed E-state index contributed by atoms with van der Waals surface area (Å²) in [6.07, 6.45) is 2.28. The highest BCUT2D eigenvalue weighted by Gasteiger charge is 2.29. The lowest BCUT2D eigenvalue weighted by molar-refractivity contribution is 0.0729. The van der Waals surface area contributed by atoms with Gasteiger partial charge in [-0.15, -0.1) is 5.10 Å². The van der Waals surface area contributed by atoms with Gasteiger partial charge in [-0.1, -0.05) is 13.8 Å². The summed E-state index contributed by atoms with van der Waals surface area (Å²) in [7, 11) is 1.76. The fourth-order valence-corrected chi connectivity index (χ4v) is 1.86. The summed E-state index contributed by atoms with van der Waals surface area (Å²) in [6, 6.07) is 0. The maximum Gasteiger partial charge on any atom is 0.293 e. The quantitative estimate of drug-likeness (QED) is 0.808. The van der Waals surface area contributed by atoms with E-state index in [-0.39, 0.29) is 17.1 Å². The molecular weight excluding hydrogens is 230 g/mol. The van der Waals surface area contributed by atoms with E-state index >= 15 is 0 Å². The molecule has 2 rings (SSSR count). The molecule has 1 aromatic heterocycles. The third kappa shape index (κ3) is 2.87. The van der Waals surface area contributed by atoms with E-state index in [2.05, 4.69) is 15.2 Å². The van der Waals surface area contributed by atoms with E-state index in [1.54, 1.807) is 11.9 Å². The Morgan fingerprint density at radius 2 is 2.22 bits per heavy atom. The van der Waals surface area contributed by atoms with Gasteiger partial charge in [0.15, 0.2) is 0 Å². The predicted molar refractivity (Wildman–Crippen MR) is 68.2 cm³/mol. The molecule has 0 bridgehead atoms. The molecule has 0 radical (unpaired) electrons. The average molecular weight is 251 g/mol. The number of carbonyl (C=O) groups is 1. The van der Waals surface area contributed by atoms with E-state index in [4.69, 9.17) is 5.73 Å². The number of rotatable bonds is 5. The van der Waals surface area contributed by atoms with E-state index < -0.39 is 0 Å². The third-order valence-corrected chi connectivity index (χ3v) is 3.22. The second-order valence-corrected chi connectivity index (χ2v) is 5.85. The van der Waals surface area contributed by atoms with Crippen molar-refractivity contribution in [2.45, 2.75) is 32.6 Å². The Labute approximate surface area is 107 Å². The Morgan fingerprint density at radius 3 is 2.78 bits per heavy atom. The van der Waals surface area contributed by atoms with Gasteiger partial charge in [-0.3, -0.25) is 9.89 Å². The molecule has 100 valence electrons. The van der Waals surface area contributed by atoms with E-state index in [1.807, 2.05) is 13.8 Å². The van der Waals surface area contributed by atoms with Crippen LogP contribution in [0.5, 0.6) is 0 Å². The lowest BCUT2D eigenvalue weighted by atomic mass is 9.93. The molecule has 3 N–H and O–H groups in total. The molecule has 6 nitrogen and oxygen atoms in total. The highest BCUT2D eigenvalue weighted by atomic mass is 16.2. The van der Waals surface area contributed by atoms with Gasteiger partial charge in [-0.2, -0.15) is 0 Å². The van der Waals surface area contributed by atoms with Crippen LogP contribution in [0.4, 0.5) is 0 Å². The standard InChI is InChI=1S/C12H21N5O/c1-12(2,6-13)7-17(3)11(18)10-14-9(15-16-10)8-4-5-8/h8H,4-7,13H2,1-3H3,(H,14,15,16). The van der Waals surface area contributed by atoms with Gasteiger partial charge >= 0.3 is 0 Å². The van der Waals surface area contributed by atoms with Crippen LogP contribution in [0, 0.1) is 5.41 Å². The van der Waals surface area contributed by atoms with Crippen molar-refractivity contribution in [2.24, 2.45) is 11.1 Å². The third-order valence-electron chi connectivity index (χ3n) is 3.22. The Morgan fingerprint density at radius 1 is 1.56 bits per heavy atom. The van der Waals surface area contributed by atoms with Crippen LogP contribution in [0.2, 0.25) is 0 Å². The molecule has 1 aliphatic rings. The summed E-state index contributed by atoms with van der Waals surface area (Å²) >= 11 is 0. The molecule has 1 aromatic rings. The van der Waals surface area contributed by atoms with E-state index in [1.165, 1.54) is 0 Å². The molecule has 1 saturated carbocycles. The van der Waals surface area contributed by atoms with E-state index in [9.17, 15) is 4.79 Å². The minimum atomic E-state index is -0.153. The SMILES string of the molecule is CN(CC(C)(C)CN)C(=O)c1n[nH]c(C2CC2)n1. The fraction of sp³-hybridized carbons (Fsp3) is 0.750. The second-order valence-electron chi connectivity index (χ2n) is 5.85. The molecule has 0 aliphatic heterocycles. The molecule has 0 spiro atoms. The summed E-state index contributed by atoms with van der Waals surface area (Å²) in [5.74, 6) is 1.42.